The van der Waals surface area contributed by atoms with Gasteiger partial charge in [0.25, 0.3) is 0 Å². The zero-order valence-electron chi connectivity index (χ0n) is 67.5. The zero-order valence-corrected chi connectivity index (χ0v) is 67.5. The highest BCUT2D eigenvalue weighted by Crippen LogP contribution is 2.23. The van der Waals surface area contributed by atoms with Crippen LogP contribution in [0.25, 0.3) is 10.9 Å². The number of cyclic esters (lactones) is 1. The van der Waals surface area contributed by atoms with Crippen molar-refractivity contribution in [3.63, 3.8) is 0 Å². The molecule has 0 spiro atoms. The molecule has 1 saturated heterocycles. The number of ketones is 1. The summed E-state index contributed by atoms with van der Waals surface area (Å²) in [4.78, 5) is 283. The summed E-state index contributed by atoms with van der Waals surface area (Å²) in [6.07, 6.45) is -0.897. The number of carboxylic acid groups (broad SMARTS) is 4. The lowest BCUT2D eigenvalue weighted by atomic mass is 9.95. The first-order chi connectivity index (χ1) is 57.9. The first-order valence-corrected chi connectivity index (χ1v) is 39.3. The molecule has 1 aliphatic heterocycles. The Labute approximate surface area is 698 Å². The number of para-hydroxylation sites is 2. The number of esters is 1. The number of Topliss-reactive ketones (excluding diaryl/α,β-unsaturated/α-hetero) is 1. The van der Waals surface area contributed by atoms with Gasteiger partial charge in [0.05, 0.1) is 64.0 Å². The average Bonchev–Trinajstić information content (AvgIpc) is 1.78. The average molecular weight is 1710 g/mol. The molecular formula is C78H106N18O26. The summed E-state index contributed by atoms with van der Waals surface area (Å²) in [5, 5.41) is 82.4. The molecule has 2 aromatic carbocycles. The minimum Gasteiger partial charge on any atom is -0.481 e. The Bertz CT molecular complexity index is 4410. The lowest BCUT2D eigenvalue weighted by molar-refractivity contribution is -0.156. The van der Waals surface area contributed by atoms with Crippen LogP contribution in [0, 0.1) is 5.92 Å². The number of benzene rings is 2. The van der Waals surface area contributed by atoms with Crippen molar-refractivity contribution in [2.24, 2.45) is 17.4 Å². The van der Waals surface area contributed by atoms with E-state index in [1.807, 2.05) is 16.0 Å². The van der Waals surface area contributed by atoms with Crippen LogP contribution >= 0.6 is 0 Å². The minimum atomic E-state index is -2.46. The number of nitrogens with zero attached hydrogens (tertiary/aromatic N) is 1. The number of unbranched alkanes of at least 4 members (excludes halogenated alkanes) is 6. The summed E-state index contributed by atoms with van der Waals surface area (Å²) in [6, 6.07) is -5.23. The van der Waals surface area contributed by atoms with Gasteiger partial charge in [-0.05, 0) is 81.5 Å². The first-order valence-electron chi connectivity index (χ1n) is 39.3. The standard InChI is InChI=1S/C78H106N18O26/c1-5-6-7-8-9-10-11-25-59(100)88-50(29-43-35-82-47-22-14-12-20-45(43)47)72(115)91-51(31-58(80)99)73(116)93-54(34-65(109)110)74(117)96-67-42(4)122-78(121)55(30-57(98)46-21-13-15-23-48(46)83-36-44-19-16-17-27-81-44)94-77(120)66(40(2)28-62(103)104)95-75(118)56(39-97)89-61(102)37-84-69(112)52(32-63(105)106)90-68(111)41(3)86-71(114)53(33-64(107)108)92-70(113)49(24-18-26-79)87-60(101)38-85-76(67)119/h12-17,19-23,27,35,40-42,49-56,66-67,82-83,97H,5-11,18,24-26,28-34,36-39,79H2,1-4H3,(H2,80,99)(H,84,112)(H,85,119)(H,86,114)(H,87,101)(H,88,100)(H,89,102)(H,90,111)(H,91,115)(H,92,113)(H,93,116)(H,94,120)(H,95,118)(H,96,117)(H,103,104)(H,105,106)(H,107,108)(H,109,110)/t40-,41-,42-,49+,50+,51-,52+,53+,54+,55+,56-,66+,67+/m1/s1. The predicted molar refractivity (Wildman–Crippen MR) is 427 cm³/mol. The molecular weight excluding hydrogens is 1600 g/mol. The van der Waals surface area contributed by atoms with Crippen molar-refractivity contribution in [3.8, 4) is 0 Å². The van der Waals surface area contributed by atoms with Crippen molar-refractivity contribution in [3.05, 3.63) is 95.9 Å². The van der Waals surface area contributed by atoms with Crippen LogP contribution in [0.3, 0.4) is 0 Å². The van der Waals surface area contributed by atoms with E-state index >= 15 is 4.79 Å². The quantitative estimate of drug-likeness (QED) is 0.0115. The van der Waals surface area contributed by atoms with E-state index in [0.717, 1.165) is 52.9 Å². The Kier molecular flexibility index (Phi) is 40.9. The Morgan fingerprint density at radius 1 is 0.557 bits per heavy atom. The third-order valence-corrected chi connectivity index (χ3v) is 19.0. The molecule has 122 heavy (non-hydrogen) atoms. The fourth-order valence-corrected chi connectivity index (χ4v) is 12.6. The van der Waals surface area contributed by atoms with Crippen LogP contribution in [-0.2, 0) is 109 Å². The van der Waals surface area contributed by atoms with Gasteiger partial charge in [-0.25, -0.2) is 4.79 Å². The van der Waals surface area contributed by atoms with E-state index in [0.29, 0.717) is 35.0 Å². The number of nitrogens with two attached hydrogens (primary N) is 2. The fraction of sp³-hybridized carbons (Fsp3) is 0.500. The third-order valence-electron chi connectivity index (χ3n) is 19.0. The zero-order chi connectivity index (χ0) is 90.3. The normalized spacial score (nSPS) is 20.6. The maximum absolute atomic E-state index is 15.2. The van der Waals surface area contributed by atoms with Gasteiger partial charge >= 0.3 is 29.8 Å². The first kappa shape index (κ1) is 99.0. The smallest absolute Gasteiger partial charge is 0.329 e. The number of aliphatic carboxylic acids is 4. The number of ether oxygens (including phenoxy) is 1. The molecule has 2 aromatic heterocycles. The molecule has 5 rings (SSSR count). The molecule has 24 N–H and O–H groups in total. The van der Waals surface area contributed by atoms with E-state index in [2.05, 4.69) is 75.4 Å². The highest BCUT2D eigenvalue weighted by atomic mass is 16.5. The molecule has 3 heterocycles. The molecule has 1 fully saturated rings. The number of aliphatic hydroxyl groups excluding tert-OH is 1. The number of aliphatic hydroxyl groups is 1. The van der Waals surface area contributed by atoms with Gasteiger partial charge in [0.15, 0.2) is 5.78 Å². The molecule has 0 aliphatic carbocycles. The van der Waals surface area contributed by atoms with E-state index in [9.17, 15) is 117 Å². The van der Waals surface area contributed by atoms with Crippen molar-refractivity contribution >= 4 is 135 Å². The van der Waals surface area contributed by atoms with Gasteiger partial charge in [-0.2, -0.15) is 0 Å². The largest absolute Gasteiger partial charge is 0.481 e. The third kappa shape index (κ3) is 33.7. The molecule has 14 amide bonds. The molecule has 44 nitrogen and oxygen atoms in total. The summed E-state index contributed by atoms with van der Waals surface area (Å²) in [6.45, 7) is 1.13. The van der Waals surface area contributed by atoms with E-state index in [-0.39, 0.29) is 43.6 Å². The number of fused-ring (bicyclic) bond motifs is 1. The van der Waals surface area contributed by atoms with Crippen LogP contribution in [0.4, 0.5) is 5.69 Å². The van der Waals surface area contributed by atoms with Gasteiger partial charge in [-0.3, -0.25) is 96.1 Å². The Hall–Kier alpha value is -13.6. The van der Waals surface area contributed by atoms with Gasteiger partial charge < -0.3 is 121 Å². The molecule has 4 aromatic rings. The lowest BCUT2D eigenvalue weighted by Gasteiger charge is -2.30. The maximum Gasteiger partial charge on any atom is 0.329 e. The monoisotopic (exact) mass is 1710 g/mol. The van der Waals surface area contributed by atoms with Crippen molar-refractivity contribution in [1.29, 1.82) is 0 Å². The van der Waals surface area contributed by atoms with Gasteiger partial charge in [0, 0.05) is 53.8 Å². The van der Waals surface area contributed by atoms with Crippen LogP contribution < -0.4 is 85.9 Å². The Morgan fingerprint density at radius 3 is 1.75 bits per heavy atom. The summed E-state index contributed by atoms with van der Waals surface area (Å²) in [7, 11) is 0. The number of carboxylic acids is 4. The van der Waals surface area contributed by atoms with Crippen LogP contribution in [0.15, 0.2) is 79.1 Å². The number of hydrogen-bond acceptors (Lipinski definition) is 25. The van der Waals surface area contributed by atoms with E-state index < -0.39 is 261 Å². The minimum absolute atomic E-state index is 0.00450. The number of carbonyl (C=O) groups is 20. The number of pyridine rings is 1. The number of primary amides is 1. The summed E-state index contributed by atoms with van der Waals surface area (Å²) in [5.74, 6) is -29.7. The second-order valence-electron chi connectivity index (χ2n) is 28.9. The van der Waals surface area contributed by atoms with E-state index in [1.165, 1.54) is 30.5 Å². The van der Waals surface area contributed by atoms with Crippen molar-refractivity contribution in [2.75, 3.05) is 31.6 Å². The highest BCUT2D eigenvalue weighted by Gasteiger charge is 2.41. The molecule has 13 atom stereocenters. The molecule has 0 saturated carbocycles. The molecule has 0 unspecified atom stereocenters. The topological polar surface area (TPSA) is 701 Å². The lowest BCUT2D eigenvalue weighted by Crippen LogP contribution is -2.62. The van der Waals surface area contributed by atoms with Crippen molar-refractivity contribution in [1.82, 2.24) is 79.1 Å². The second kappa shape index (κ2) is 50.4. The number of amides is 14. The Morgan fingerprint density at radius 2 is 1.12 bits per heavy atom. The second-order valence-corrected chi connectivity index (χ2v) is 28.9. The number of carbonyl (C=O) groups excluding carboxylic acids is 16. The summed E-state index contributed by atoms with van der Waals surface area (Å²) >= 11 is 0. The number of hydrogen-bond donors (Lipinski definition) is 22. The number of aromatic amines is 1. The SMILES string of the molecule is CCCCCCCCCC(=O)N[C@@H](Cc1c[nH]c2ccccc12)C(=O)N[C@H](CC(N)=O)C(=O)N[C@@H](CC(=O)O)C(=O)N[C@@H]1C(=O)NCC(=O)N[C@@H](CCCN)C(=O)N[C@@H](CC(=O)O)C(=O)N[C@H](C)C(=O)N[C@@H](CC(=O)O)C(=O)NCC(=O)N[C@H](CO)C(=O)N[C@@H]([C@H](C)CC(=O)O)C(=O)N[C@@H](CC(=O)c2ccccc2NCc2ccccn2)C(=O)O[C@@H]1C. The number of anilines is 1. The van der Waals surface area contributed by atoms with Gasteiger partial charge in [-0.1, -0.05) is 88.8 Å². The molecule has 0 bridgehead atoms. The maximum atomic E-state index is 15.2. The highest BCUT2D eigenvalue weighted by molar-refractivity contribution is 6.05. The van der Waals surface area contributed by atoms with Gasteiger partial charge in [0.2, 0.25) is 82.7 Å². The van der Waals surface area contributed by atoms with Crippen LogP contribution in [0.2, 0.25) is 0 Å². The van der Waals surface area contributed by atoms with Crippen LogP contribution in [0.5, 0.6) is 0 Å². The fourth-order valence-electron chi connectivity index (χ4n) is 12.6. The summed E-state index contributed by atoms with van der Waals surface area (Å²) in [5.41, 5.74) is 12.9. The van der Waals surface area contributed by atoms with Crippen LogP contribution in [-0.4, -0.2) is 253 Å². The van der Waals surface area contributed by atoms with Crippen LogP contribution in [0.1, 0.15) is 152 Å². The van der Waals surface area contributed by atoms with Gasteiger partial charge in [0.1, 0.15) is 72.6 Å². The number of aromatic nitrogens is 2. The number of nitrogens with one attached hydrogen (secondary N) is 15. The Balaban J connectivity index is 1.64. The molecule has 1 aliphatic rings. The number of rotatable bonds is 38. The molecule has 44 heteroatoms. The molecule has 664 valence electrons. The van der Waals surface area contributed by atoms with E-state index in [1.54, 1.807) is 48.7 Å². The van der Waals surface area contributed by atoms with E-state index in [4.69, 9.17) is 16.2 Å². The van der Waals surface area contributed by atoms with Crippen molar-refractivity contribution < 1.29 is 126 Å². The van der Waals surface area contributed by atoms with Gasteiger partial charge in [-0.15, -0.1) is 0 Å². The molecule has 0 radical (unpaired) electrons. The van der Waals surface area contributed by atoms with Crippen molar-refractivity contribution in [2.45, 2.75) is 216 Å². The number of H-pyrrole nitrogens is 1. The summed E-state index contributed by atoms with van der Waals surface area (Å²) < 4.78 is 5.79. The predicted octanol–water partition coefficient (Wildman–Crippen LogP) is -4.20.